The lowest BCUT2D eigenvalue weighted by Crippen LogP contribution is -2.44. The minimum atomic E-state index is -0.539. The normalized spacial score (nSPS) is 16.9. The van der Waals surface area contributed by atoms with Gasteiger partial charge < -0.3 is 20.3 Å². The third-order valence-electron chi connectivity index (χ3n) is 4.58. The lowest BCUT2D eigenvalue weighted by Gasteiger charge is -2.21. The molecule has 8 heteroatoms. The van der Waals surface area contributed by atoms with E-state index < -0.39 is 11.6 Å². The number of rotatable bonds is 6. The van der Waals surface area contributed by atoms with Crippen molar-refractivity contribution in [1.82, 2.24) is 15.6 Å². The van der Waals surface area contributed by atoms with Crippen LogP contribution in [0.2, 0.25) is 0 Å². The van der Waals surface area contributed by atoms with Crippen LogP contribution in [0.4, 0.5) is 14.5 Å². The zero-order valence-electron chi connectivity index (χ0n) is 16.1. The number of nitrogens with one attached hydrogen (secondary N) is 2. The number of ether oxygens (including phenoxy) is 1. The number of guanidine groups is 1. The Morgan fingerprint density at radius 2 is 2.07 bits per heavy atom. The van der Waals surface area contributed by atoms with Crippen molar-refractivity contribution < 1.29 is 13.5 Å². The molecule has 3 rings (SSSR count). The zero-order chi connectivity index (χ0) is 19.9. The van der Waals surface area contributed by atoms with E-state index in [1.165, 1.54) is 18.2 Å². The summed E-state index contributed by atoms with van der Waals surface area (Å²) in [7, 11) is 1.69. The van der Waals surface area contributed by atoms with Gasteiger partial charge in [0, 0.05) is 44.5 Å². The zero-order valence-corrected chi connectivity index (χ0v) is 16.1. The highest BCUT2D eigenvalue weighted by molar-refractivity contribution is 5.80. The summed E-state index contributed by atoms with van der Waals surface area (Å²) in [6.45, 7) is 4.03. The average Bonchev–Trinajstić information content (AvgIpc) is 3.14. The Labute approximate surface area is 163 Å². The van der Waals surface area contributed by atoms with Crippen LogP contribution in [0.15, 0.2) is 41.5 Å². The molecular formula is C20H25F2N5O. The Balaban J connectivity index is 1.58. The van der Waals surface area contributed by atoms with E-state index >= 15 is 0 Å². The van der Waals surface area contributed by atoms with E-state index in [0.29, 0.717) is 38.1 Å². The molecule has 150 valence electrons. The number of nitrogens with zero attached hydrogens (tertiary/aromatic N) is 3. The molecule has 1 saturated heterocycles. The van der Waals surface area contributed by atoms with Crippen LogP contribution < -0.4 is 20.3 Å². The monoisotopic (exact) mass is 389 g/mol. The molecule has 0 saturated carbocycles. The highest BCUT2D eigenvalue weighted by Crippen LogP contribution is 2.26. The number of hydrogen-bond donors (Lipinski definition) is 2. The van der Waals surface area contributed by atoms with Crippen LogP contribution in [-0.4, -0.2) is 43.7 Å². The molecule has 1 atom stereocenters. The summed E-state index contributed by atoms with van der Waals surface area (Å²) < 4.78 is 33.6. The number of aliphatic imine (C=N–C) groups is 1. The Kier molecular flexibility index (Phi) is 6.62. The molecule has 2 aromatic rings. The standard InChI is InChI=1S/C20H25F2N5O/c1-3-28-19-14(6-5-10-24-19)12-25-20(23-2)26-15-9-11-27(13-15)18-16(21)7-4-8-17(18)22/h4-8,10,15H,3,9,11-13H2,1-2H3,(H2,23,25,26). The van der Waals surface area contributed by atoms with Gasteiger partial charge >= 0.3 is 0 Å². The molecule has 2 N–H and O–H groups in total. The van der Waals surface area contributed by atoms with Crippen molar-refractivity contribution in [2.24, 2.45) is 4.99 Å². The summed E-state index contributed by atoms with van der Waals surface area (Å²) in [6, 6.07) is 7.77. The van der Waals surface area contributed by atoms with Gasteiger partial charge in [0.05, 0.1) is 6.61 Å². The summed E-state index contributed by atoms with van der Waals surface area (Å²) in [6.07, 6.45) is 2.45. The van der Waals surface area contributed by atoms with E-state index in [4.69, 9.17) is 4.74 Å². The maximum Gasteiger partial charge on any atom is 0.218 e. The SMILES string of the molecule is CCOc1ncccc1CNC(=NC)NC1CCN(c2c(F)cccc2F)C1. The maximum absolute atomic E-state index is 14.0. The molecular weight excluding hydrogens is 364 g/mol. The fourth-order valence-electron chi connectivity index (χ4n) is 3.26. The van der Waals surface area contributed by atoms with Crippen molar-refractivity contribution in [1.29, 1.82) is 0 Å². The summed E-state index contributed by atoms with van der Waals surface area (Å²) in [5.74, 6) is 0.133. The van der Waals surface area contributed by atoms with E-state index in [0.717, 1.165) is 12.0 Å². The molecule has 1 aromatic carbocycles. The minimum absolute atomic E-state index is 0.0328. The second kappa shape index (κ2) is 9.34. The van der Waals surface area contributed by atoms with E-state index in [1.54, 1.807) is 18.1 Å². The first-order valence-corrected chi connectivity index (χ1v) is 9.35. The van der Waals surface area contributed by atoms with Crippen molar-refractivity contribution in [3.63, 3.8) is 0 Å². The molecule has 28 heavy (non-hydrogen) atoms. The quantitative estimate of drug-likeness (QED) is 0.588. The fourth-order valence-corrected chi connectivity index (χ4v) is 3.26. The van der Waals surface area contributed by atoms with Crippen molar-refractivity contribution in [2.45, 2.75) is 25.9 Å². The topological polar surface area (TPSA) is 61.8 Å². The number of hydrogen-bond acceptors (Lipinski definition) is 4. The predicted molar refractivity (Wildman–Crippen MR) is 106 cm³/mol. The molecule has 1 aromatic heterocycles. The lowest BCUT2D eigenvalue weighted by atomic mass is 10.2. The first kappa shape index (κ1) is 19.9. The first-order valence-electron chi connectivity index (χ1n) is 9.35. The van der Waals surface area contributed by atoms with E-state index in [9.17, 15) is 8.78 Å². The van der Waals surface area contributed by atoms with Gasteiger partial charge in [-0.15, -0.1) is 0 Å². The van der Waals surface area contributed by atoms with E-state index in [2.05, 4.69) is 20.6 Å². The van der Waals surface area contributed by atoms with Crippen molar-refractivity contribution in [3.8, 4) is 5.88 Å². The molecule has 6 nitrogen and oxygen atoms in total. The fraction of sp³-hybridized carbons (Fsp3) is 0.400. The number of pyridine rings is 1. The molecule has 0 radical (unpaired) electrons. The summed E-state index contributed by atoms with van der Waals surface area (Å²) in [5.41, 5.74) is 0.959. The molecule has 1 fully saturated rings. The number of anilines is 1. The Morgan fingerprint density at radius 1 is 1.29 bits per heavy atom. The maximum atomic E-state index is 14.0. The number of halogens is 2. The van der Waals surface area contributed by atoms with Gasteiger partial charge in [-0.25, -0.2) is 13.8 Å². The molecule has 0 amide bonds. The van der Waals surface area contributed by atoms with Crippen molar-refractivity contribution in [3.05, 3.63) is 53.7 Å². The minimum Gasteiger partial charge on any atom is -0.478 e. The second-order valence-electron chi connectivity index (χ2n) is 6.47. The van der Waals surface area contributed by atoms with Crippen LogP contribution in [0.3, 0.4) is 0 Å². The highest BCUT2D eigenvalue weighted by atomic mass is 19.1. The molecule has 2 heterocycles. The Hall–Kier alpha value is -2.90. The van der Waals surface area contributed by atoms with Gasteiger partial charge in [-0.2, -0.15) is 0 Å². The Bertz CT molecular complexity index is 810. The van der Waals surface area contributed by atoms with E-state index in [1.807, 2.05) is 19.1 Å². The van der Waals surface area contributed by atoms with Gasteiger partial charge in [0.2, 0.25) is 5.88 Å². The number of benzene rings is 1. The van der Waals surface area contributed by atoms with Crippen LogP contribution in [0, 0.1) is 11.6 Å². The van der Waals surface area contributed by atoms with Gasteiger partial charge in [-0.05, 0) is 31.5 Å². The smallest absolute Gasteiger partial charge is 0.218 e. The third-order valence-corrected chi connectivity index (χ3v) is 4.58. The molecule has 0 spiro atoms. The third kappa shape index (κ3) is 4.68. The highest BCUT2D eigenvalue weighted by Gasteiger charge is 2.27. The molecule has 1 aliphatic rings. The van der Waals surface area contributed by atoms with Crippen LogP contribution >= 0.6 is 0 Å². The van der Waals surface area contributed by atoms with Crippen molar-refractivity contribution in [2.75, 3.05) is 31.6 Å². The molecule has 1 aliphatic heterocycles. The largest absolute Gasteiger partial charge is 0.478 e. The van der Waals surface area contributed by atoms with Gasteiger partial charge in [-0.3, -0.25) is 4.99 Å². The molecule has 1 unspecified atom stereocenters. The molecule has 0 aliphatic carbocycles. The van der Waals surface area contributed by atoms with Crippen molar-refractivity contribution >= 4 is 11.6 Å². The predicted octanol–water partition coefficient (Wildman–Crippen LogP) is 2.70. The lowest BCUT2D eigenvalue weighted by molar-refractivity contribution is 0.322. The van der Waals surface area contributed by atoms with Gasteiger partial charge in [0.25, 0.3) is 0 Å². The van der Waals surface area contributed by atoms with Crippen LogP contribution in [0.5, 0.6) is 5.88 Å². The average molecular weight is 389 g/mol. The second-order valence-corrected chi connectivity index (χ2v) is 6.47. The van der Waals surface area contributed by atoms with Gasteiger partial charge in [-0.1, -0.05) is 12.1 Å². The summed E-state index contributed by atoms with van der Waals surface area (Å²) in [4.78, 5) is 10.2. The van der Waals surface area contributed by atoms with Crippen LogP contribution in [-0.2, 0) is 6.54 Å². The summed E-state index contributed by atoms with van der Waals surface area (Å²) >= 11 is 0. The number of para-hydroxylation sites is 1. The van der Waals surface area contributed by atoms with E-state index in [-0.39, 0.29) is 11.7 Å². The first-order chi connectivity index (χ1) is 13.6. The van der Waals surface area contributed by atoms with Gasteiger partial charge in [0.1, 0.15) is 17.3 Å². The summed E-state index contributed by atoms with van der Waals surface area (Å²) in [5, 5.41) is 6.56. The number of aromatic nitrogens is 1. The molecule has 0 bridgehead atoms. The van der Waals surface area contributed by atoms with Crippen LogP contribution in [0.25, 0.3) is 0 Å². The van der Waals surface area contributed by atoms with Gasteiger partial charge in [0.15, 0.2) is 5.96 Å². The van der Waals surface area contributed by atoms with Crippen LogP contribution in [0.1, 0.15) is 18.9 Å². The Morgan fingerprint density at radius 3 is 2.79 bits per heavy atom.